The number of nitrogens with zero attached hydrogens (tertiary/aromatic N) is 8. The number of hydrogen-bond donors (Lipinski definition) is 9. The zero-order chi connectivity index (χ0) is 83.2. The Balaban J connectivity index is 0.000000177. The van der Waals surface area contributed by atoms with Crippen molar-refractivity contribution in [3.63, 3.8) is 0 Å². The van der Waals surface area contributed by atoms with Crippen molar-refractivity contribution in [2.45, 2.75) is 108 Å². The van der Waals surface area contributed by atoms with E-state index in [9.17, 15) is 49.1 Å². The van der Waals surface area contributed by atoms with Gasteiger partial charge in [-0.15, -0.1) is 0 Å². The molecule has 0 bridgehead atoms. The van der Waals surface area contributed by atoms with Crippen LogP contribution in [0.5, 0.6) is 5.75 Å². The van der Waals surface area contributed by atoms with Crippen LogP contribution in [0.1, 0.15) is 123 Å². The second kappa shape index (κ2) is 43.5. The number of aliphatic hydroxyl groups excluding tert-OH is 4. The lowest BCUT2D eigenvalue weighted by atomic mass is 10.1. The van der Waals surface area contributed by atoms with Crippen molar-refractivity contribution in [2.75, 3.05) is 21.3 Å². The number of aromatic nitrogens is 8. The maximum Gasteiger partial charge on any atom is 0.230 e. The summed E-state index contributed by atoms with van der Waals surface area (Å²) < 4.78 is 14.0. The number of benzene rings is 8. The SMILES string of the molecule is CC(C)=Cc1nc(-c2ccc(CO)cc2)cnc1NC(=O)Cc1ccc(Br)cc1.CC(C)=Cc1nc(-c2ccc(CO)cc2)cnc1NC(=O)Cc1ccc(Cl)cc1.CC(C)=Cc1nc(-c2ccc(CO)cc2)cnc1NC(=O)Cc1ccc(F)cc1.CC(C)=Cc1nc(-c2ccc(CO)cc2)cnc1NC(=O)Cc1ccc(O)cc1. The van der Waals surface area contributed by atoms with Gasteiger partial charge >= 0.3 is 0 Å². The van der Waals surface area contributed by atoms with Gasteiger partial charge in [0.25, 0.3) is 0 Å². The molecule has 0 aliphatic carbocycles. The van der Waals surface area contributed by atoms with Gasteiger partial charge in [-0.1, -0.05) is 195 Å². The Hall–Kier alpha value is -12.7. The number of anilines is 4. The minimum atomic E-state index is -0.339. The topological polar surface area (TPSA) is 321 Å². The smallest absolute Gasteiger partial charge is 0.230 e. The quantitative estimate of drug-likeness (QED) is 0.0271. The minimum absolute atomic E-state index is 0.00167. The Bertz CT molecular complexity index is 4790. The van der Waals surface area contributed by atoms with Crippen molar-refractivity contribution >= 4 is 98.7 Å². The molecule has 116 heavy (non-hydrogen) atoms. The average molecular weight is 1640 g/mol. The van der Waals surface area contributed by atoms with Crippen molar-refractivity contribution in [2.24, 2.45) is 0 Å². The molecule has 8 aromatic carbocycles. The third kappa shape index (κ3) is 27.8. The lowest BCUT2D eigenvalue weighted by molar-refractivity contribution is -0.116. The number of halogens is 3. The summed E-state index contributed by atoms with van der Waals surface area (Å²) in [5.74, 6) is 0.643. The summed E-state index contributed by atoms with van der Waals surface area (Å²) in [7, 11) is 0. The molecule has 24 heteroatoms. The molecule has 9 N–H and O–H groups in total. The molecule has 0 unspecified atom stereocenters. The van der Waals surface area contributed by atoms with Gasteiger partial charge in [0.05, 0.1) is 99.7 Å². The van der Waals surface area contributed by atoms with E-state index in [0.717, 1.165) is 88.0 Å². The summed E-state index contributed by atoms with van der Waals surface area (Å²) in [6.07, 6.45) is 14.8. The number of nitrogens with one attached hydrogen (secondary N) is 4. The average Bonchev–Trinajstić information content (AvgIpc) is 0.861. The first-order chi connectivity index (χ1) is 55.8. The highest BCUT2D eigenvalue weighted by atomic mass is 79.9. The van der Waals surface area contributed by atoms with Crippen molar-refractivity contribution in [3.8, 4) is 50.8 Å². The number of carbonyl (C=O) groups is 4. The predicted octanol–water partition coefficient (Wildman–Crippen LogP) is 18.2. The first-order valence-electron chi connectivity index (χ1n) is 36.9. The molecule has 0 saturated carbocycles. The zero-order valence-corrected chi connectivity index (χ0v) is 67.7. The second-order valence-electron chi connectivity index (χ2n) is 27.7. The van der Waals surface area contributed by atoms with Crippen LogP contribution in [0.15, 0.2) is 246 Å². The molecule has 4 amide bonds. The van der Waals surface area contributed by atoms with Crippen LogP contribution >= 0.6 is 27.5 Å². The van der Waals surface area contributed by atoms with E-state index >= 15 is 0 Å². The van der Waals surface area contributed by atoms with Gasteiger partial charge < -0.3 is 46.8 Å². The lowest BCUT2D eigenvalue weighted by Gasteiger charge is -2.10. The van der Waals surface area contributed by atoms with E-state index in [1.54, 1.807) is 73.3 Å². The molecule has 0 atom stereocenters. The monoisotopic (exact) mass is 1640 g/mol. The molecule has 0 radical (unpaired) electrons. The summed E-state index contributed by atoms with van der Waals surface area (Å²) in [6, 6.07) is 56.9. The van der Waals surface area contributed by atoms with Crippen molar-refractivity contribution in [1.82, 2.24) is 39.9 Å². The predicted molar refractivity (Wildman–Crippen MR) is 460 cm³/mol. The van der Waals surface area contributed by atoms with E-state index < -0.39 is 0 Å². The fourth-order valence-electron chi connectivity index (χ4n) is 11.0. The van der Waals surface area contributed by atoms with Crippen LogP contribution in [0.4, 0.5) is 27.7 Å². The lowest BCUT2D eigenvalue weighted by Crippen LogP contribution is -2.16. The van der Waals surface area contributed by atoms with Gasteiger partial charge in [-0.3, -0.25) is 19.2 Å². The maximum atomic E-state index is 13.0. The summed E-state index contributed by atoms with van der Waals surface area (Å²) in [4.78, 5) is 86.2. The van der Waals surface area contributed by atoms with Crippen molar-refractivity contribution < 1.29 is 49.1 Å². The zero-order valence-electron chi connectivity index (χ0n) is 65.3. The Morgan fingerprint density at radius 3 is 0.784 bits per heavy atom. The minimum Gasteiger partial charge on any atom is -0.508 e. The molecule has 0 fully saturated rings. The van der Waals surface area contributed by atoms with Gasteiger partial charge in [-0.05, 0) is 173 Å². The highest BCUT2D eigenvalue weighted by molar-refractivity contribution is 9.10. The van der Waals surface area contributed by atoms with Gasteiger partial charge in [0.15, 0.2) is 23.3 Å². The molecule has 21 nitrogen and oxygen atoms in total. The highest BCUT2D eigenvalue weighted by Crippen LogP contribution is 2.29. The van der Waals surface area contributed by atoms with Crippen LogP contribution in [-0.2, 0) is 71.3 Å². The summed E-state index contributed by atoms with van der Waals surface area (Å²) >= 11 is 9.29. The molecular weight excluding hydrogens is 1550 g/mol. The number of amides is 4. The molecule has 12 rings (SSSR count). The van der Waals surface area contributed by atoms with Crippen molar-refractivity contribution in [1.29, 1.82) is 0 Å². The molecular formula is C92H89BrClFN12O9. The number of carbonyl (C=O) groups excluding carboxylic acids is 4. The highest BCUT2D eigenvalue weighted by Gasteiger charge is 2.18. The molecule has 0 saturated heterocycles. The molecule has 0 aliphatic heterocycles. The van der Waals surface area contributed by atoms with Gasteiger partial charge in [0.2, 0.25) is 23.6 Å². The molecule has 4 aromatic heterocycles. The third-order valence-corrected chi connectivity index (χ3v) is 17.6. The first-order valence-corrected chi connectivity index (χ1v) is 38.0. The number of rotatable bonds is 24. The number of hydrogen-bond acceptors (Lipinski definition) is 17. The summed E-state index contributed by atoms with van der Waals surface area (Å²) in [6.45, 7) is 15.6. The molecule has 4 heterocycles. The first kappa shape index (κ1) is 87.2. The number of aliphatic hydroxyl groups is 4. The van der Waals surface area contributed by atoms with E-state index in [0.29, 0.717) is 79.4 Å². The van der Waals surface area contributed by atoms with Crippen molar-refractivity contribution in [3.05, 3.63) is 324 Å². The van der Waals surface area contributed by atoms with E-state index in [4.69, 9.17) is 11.6 Å². The van der Waals surface area contributed by atoms with Crippen LogP contribution in [-0.4, -0.2) is 89.0 Å². The van der Waals surface area contributed by atoms with Crippen LogP contribution in [0.3, 0.4) is 0 Å². The third-order valence-electron chi connectivity index (χ3n) is 16.8. The fraction of sp³-hybridized carbons (Fsp3) is 0.174. The molecule has 12 aromatic rings. The normalized spacial score (nSPS) is 10.5. The van der Waals surface area contributed by atoms with Gasteiger partial charge in [-0.2, -0.15) is 0 Å². The van der Waals surface area contributed by atoms with E-state index in [1.807, 2.05) is 213 Å². The Morgan fingerprint density at radius 1 is 0.336 bits per heavy atom. The molecule has 0 spiro atoms. The molecule has 592 valence electrons. The van der Waals surface area contributed by atoms with E-state index in [-0.39, 0.29) is 87.3 Å². The van der Waals surface area contributed by atoms with Gasteiger partial charge in [0, 0.05) is 31.7 Å². The Labute approximate surface area is 686 Å². The Kier molecular flexibility index (Phi) is 32.7. The van der Waals surface area contributed by atoms with E-state index in [2.05, 4.69) is 77.1 Å². The van der Waals surface area contributed by atoms with Crippen LogP contribution in [0.2, 0.25) is 5.02 Å². The van der Waals surface area contributed by atoms with Gasteiger partial charge in [-0.25, -0.2) is 44.3 Å². The summed E-state index contributed by atoms with van der Waals surface area (Å²) in [5.41, 5.74) is 19.3. The van der Waals surface area contributed by atoms with Gasteiger partial charge in [0.1, 0.15) is 34.3 Å². The van der Waals surface area contributed by atoms with E-state index in [1.165, 1.54) is 12.1 Å². The number of allylic oxidation sites excluding steroid dienone is 4. The summed E-state index contributed by atoms with van der Waals surface area (Å²) in [5, 5.41) is 58.1. The van der Waals surface area contributed by atoms with Crippen LogP contribution in [0, 0.1) is 5.82 Å². The fourth-order valence-corrected chi connectivity index (χ4v) is 11.4. The van der Waals surface area contributed by atoms with Crippen LogP contribution < -0.4 is 21.3 Å². The van der Waals surface area contributed by atoms with Crippen LogP contribution in [0.25, 0.3) is 69.3 Å². The molecule has 0 aliphatic rings. The number of phenols is 1. The Morgan fingerprint density at radius 2 is 0.552 bits per heavy atom. The standard InChI is InChI=1S/C23H22BrN3O2.C23H22ClN3O2.C23H22FN3O2.C23H23N3O3/c3*1-15(2)11-20-23(27-22(29)12-16-5-9-19(24)10-6-16)25-13-21(26-20)18-7-3-17(14-28)4-8-18;1-15(2)11-20-23(26-22(29)12-16-5-9-19(28)10-6-16)24-13-21(25-20)18-7-3-17(14-27)4-8-18/h3*3-11,13,28H,12,14H2,1-2H3,(H,25,27,29);3-11,13,27-28H,12,14H2,1-2H3,(H,24,26,29). The largest absolute Gasteiger partial charge is 0.508 e. The maximum absolute atomic E-state index is 13.0. The second-order valence-corrected chi connectivity index (χ2v) is 29.1. The number of phenolic OH excluding ortho intramolecular Hbond substituents is 1. The number of aromatic hydroxyl groups is 1.